The number of nitrogens with one attached hydrogen (secondary N) is 1. The van der Waals surface area contributed by atoms with E-state index >= 15 is 0 Å². The second-order valence-electron chi connectivity index (χ2n) is 9.07. The number of rotatable bonds is 9. The number of anilines is 1. The number of nitrogens with zero attached hydrogens (tertiary/aromatic N) is 2. The van der Waals surface area contributed by atoms with Crippen LogP contribution in [0.15, 0.2) is 49.2 Å². The molecule has 2 aromatic rings. The molecule has 4 rings (SSSR count). The molecule has 2 aromatic carbocycles. The van der Waals surface area contributed by atoms with Crippen LogP contribution in [0.4, 0.5) is 5.69 Å². The molecule has 2 fully saturated rings. The number of benzene rings is 2. The van der Waals surface area contributed by atoms with Crippen LogP contribution in [0.1, 0.15) is 30.9 Å². The van der Waals surface area contributed by atoms with Crippen LogP contribution in [0.5, 0.6) is 5.75 Å². The molecule has 2 saturated heterocycles. The minimum absolute atomic E-state index is 0.0616. The topological polar surface area (TPSA) is 65.0 Å². The Labute approximate surface area is 221 Å². The second-order valence-corrected chi connectivity index (χ2v) is 10.3. The number of likely N-dealkylation sites (tertiary alicyclic amines) is 1. The van der Waals surface area contributed by atoms with E-state index in [9.17, 15) is 9.90 Å². The van der Waals surface area contributed by atoms with Gasteiger partial charge >= 0.3 is 0 Å². The van der Waals surface area contributed by atoms with E-state index in [1.165, 1.54) is 6.26 Å². The highest BCUT2D eigenvalue weighted by molar-refractivity contribution is 6.37. The summed E-state index contributed by atoms with van der Waals surface area (Å²) in [6.07, 6.45) is 3.23. The molecule has 6 nitrogen and oxygen atoms in total. The van der Waals surface area contributed by atoms with Gasteiger partial charge in [-0.1, -0.05) is 41.4 Å². The number of aliphatic hydroxyl groups is 1. The molecule has 2 N–H and O–H groups in total. The summed E-state index contributed by atoms with van der Waals surface area (Å²) < 4.78 is 5.28. The Hall–Kier alpha value is -1.96. The molecule has 0 radical (unpaired) electrons. The molecule has 1 amide bonds. The molecule has 2 aliphatic rings. The lowest BCUT2D eigenvalue weighted by molar-refractivity contribution is -0.126. The van der Waals surface area contributed by atoms with Gasteiger partial charge in [0.05, 0.1) is 28.3 Å². The lowest BCUT2D eigenvalue weighted by atomic mass is 9.99. The summed E-state index contributed by atoms with van der Waals surface area (Å²) in [5.41, 5.74) is 1.57. The molecule has 2 heterocycles. The van der Waals surface area contributed by atoms with E-state index < -0.39 is 12.1 Å². The third kappa shape index (κ3) is 6.43. The van der Waals surface area contributed by atoms with Crippen LogP contribution in [0.25, 0.3) is 0 Å². The first-order chi connectivity index (χ1) is 16.9. The third-order valence-corrected chi connectivity index (χ3v) is 7.49. The third-order valence-electron chi connectivity index (χ3n) is 6.68. The molecule has 35 heavy (non-hydrogen) atoms. The number of hydrogen-bond acceptors (Lipinski definition) is 5. The van der Waals surface area contributed by atoms with E-state index in [-0.39, 0.29) is 27.6 Å². The molecule has 0 unspecified atom stereocenters. The van der Waals surface area contributed by atoms with E-state index in [1.807, 2.05) is 24.3 Å². The molecular weight excluding hydrogens is 509 g/mol. The van der Waals surface area contributed by atoms with Crippen LogP contribution in [-0.4, -0.2) is 54.7 Å². The predicted octanol–water partition coefficient (Wildman–Crippen LogP) is 5.31. The molecule has 0 aromatic heterocycles. The zero-order chi connectivity index (χ0) is 24.9. The SMILES string of the molecule is C=COc1c(Cl)cc([C@@H](O)[C@@H](CN2CCCC2)NC(=O)[C@@H]2CCN(c3ccc(Cl)cc3)C2)cc1Cl. The fraction of sp³-hybridized carbons (Fsp3) is 0.423. The van der Waals surface area contributed by atoms with E-state index in [4.69, 9.17) is 39.5 Å². The van der Waals surface area contributed by atoms with Gasteiger partial charge in [0.1, 0.15) is 6.10 Å². The van der Waals surface area contributed by atoms with Gasteiger partial charge in [-0.25, -0.2) is 0 Å². The van der Waals surface area contributed by atoms with Crippen molar-refractivity contribution >= 4 is 46.4 Å². The van der Waals surface area contributed by atoms with Crippen LogP contribution < -0.4 is 15.0 Å². The number of carbonyl (C=O) groups is 1. The minimum atomic E-state index is -0.985. The van der Waals surface area contributed by atoms with Crippen LogP contribution in [0.2, 0.25) is 15.1 Å². The molecule has 188 valence electrons. The van der Waals surface area contributed by atoms with Crippen LogP contribution in [-0.2, 0) is 4.79 Å². The summed E-state index contributed by atoms with van der Waals surface area (Å²) in [5.74, 6) is 0.0515. The Kier molecular flexibility index (Phi) is 8.84. The monoisotopic (exact) mass is 537 g/mol. The van der Waals surface area contributed by atoms with Crippen molar-refractivity contribution in [1.82, 2.24) is 10.2 Å². The highest BCUT2D eigenvalue weighted by Gasteiger charge is 2.33. The smallest absolute Gasteiger partial charge is 0.225 e. The van der Waals surface area contributed by atoms with Crippen molar-refractivity contribution < 1.29 is 14.6 Å². The maximum Gasteiger partial charge on any atom is 0.225 e. The first-order valence-corrected chi connectivity index (χ1v) is 13.0. The number of halogens is 3. The van der Waals surface area contributed by atoms with Gasteiger partial charge in [-0.05, 0) is 74.3 Å². The molecular formula is C26H30Cl3N3O3. The summed E-state index contributed by atoms with van der Waals surface area (Å²) in [6, 6.07) is 10.4. The number of ether oxygens (including phenoxy) is 1. The van der Waals surface area contributed by atoms with E-state index in [2.05, 4.69) is 21.7 Å². The van der Waals surface area contributed by atoms with Crippen LogP contribution in [0, 0.1) is 5.92 Å². The Bertz CT molecular complexity index is 1020. The predicted molar refractivity (Wildman–Crippen MR) is 142 cm³/mol. The average Bonchev–Trinajstić information content (AvgIpc) is 3.53. The van der Waals surface area contributed by atoms with Gasteiger partial charge in [-0.3, -0.25) is 4.79 Å². The first kappa shape index (κ1) is 26.1. The van der Waals surface area contributed by atoms with Crippen molar-refractivity contribution in [3.05, 3.63) is 69.9 Å². The van der Waals surface area contributed by atoms with Gasteiger partial charge in [0.2, 0.25) is 5.91 Å². The number of carbonyl (C=O) groups excluding carboxylic acids is 1. The zero-order valence-electron chi connectivity index (χ0n) is 19.4. The van der Waals surface area contributed by atoms with Crippen molar-refractivity contribution in [3.8, 4) is 5.75 Å². The molecule has 2 aliphatic heterocycles. The summed E-state index contributed by atoms with van der Waals surface area (Å²) in [5, 5.41) is 15.7. The highest BCUT2D eigenvalue weighted by Crippen LogP contribution is 2.37. The summed E-state index contributed by atoms with van der Waals surface area (Å²) in [4.78, 5) is 17.7. The Morgan fingerprint density at radius 2 is 1.80 bits per heavy atom. The van der Waals surface area contributed by atoms with Gasteiger partial charge in [0.15, 0.2) is 5.75 Å². The quantitative estimate of drug-likeness (QED) is 0.424. The maximum atomic E-state index is 13.3. The minimum Gasteiger partial charge on any atom is -0.462 e. The van der Waals surface area contributed by atoms with Crippen LogP contribution >= 0.6 is 34.8 Å². The van der Waals surface area contributed by atoms with Gasteiger partial charge in [0, 0.05) is 30.3 Å². The van der Waals surface area contributed by atoms with Gasteiger partial charge in [-0.15, -0.1) is 0 Å². The first-order valence-electron chi connectivity index (χ1n) is 11.8. The number of aliphatic hydroxyl groups excluding tert-OH is 1. The number of hydrogen-bond donors (Lipinski definition) is 2. The molecule has 0 spiro atoms. The zero-order valence-corrected chi connectivity index (χ0v) is 21.7. The molecule has 0 aliphatic carbocycles. The standard InChI is InChI=1S/C26H30Cl3N3O3/c1-2-35-25-21(28)13-18(14-22(25)29)24(33)23(16-31-10-3-4-11-31)30-26(34)17-9-12-32(15-17)20-7-5-19(27)6-8-20/h2,5-8,13-14,17,23-24,33H,1,3-4,9-12,15-16H2,(H,30,34)/t17-,23-,24-/m1/s1. The summed E-state index contributed by atoms with van der Waals surface area (Å²) >= 11 is 18.7. The van der Waals surface area contributed by atoms with Crippen molar-refractivity contribution in [2.75, 3.05) is 37.6 Å². The van der Waals surface area contributed by atoms with Crippen molar-refractivity contribution in [2.45, 2.75) is 31.4 Å². The lowest BCUT2D eigenvalue weighted by Gasteiger charge is -2.30. The van der Waals surface area contributed by atoms with Crippen molar-refractivity contribution in [1.29, 1.82) is 0 Å². The van der Waals surface area contributed by atoms with Gasteiger partial charge < -0.3 is 25.0 Å². The van der Waals surface area contributed by atoms with E-state index in [0.717, 1.165) is 44.6 Å². The second kappa shape index (κ2) is 11.8. The largest absolute Gasteiger partial charge is 0.462 e. The van der Waals surface area contributed by atoms with Crippen LogP contribution in [0.3, 0.4) is 0 Å². The fourth-order valence-corrected chi connectivity index (χ4v) is 5.53. The van der Waals surface area contributed by atoms with Crippen molar-refractivity contribution in [3.63, 3.8) is 0 Å². The van der Waals surface area contributed by atoms with Gasteiger partial charge in [0.25, 0.3) is 0 Å². The molecule has 9 heteroatoms. The Balaban J connectivity index is 1.48. The maximum absolute atomic E-state index is 13.3. The lowest BCUT2D eigenvalue weighted by Crippen LogP contribution is -2.48. The molecule has 0 saturated carbocycles. The summed E-state index contributed by atoms with van der Waals surface area (Å²) in [7, 11) is 0. The van der Waals surface area contributed by atoms with Crippen molar-refractivity contribution in [2.24, 2.45) is 5.92 Å². The van der Waals surface area contributed by atoms with E-state index in [0.29, 0.717) is 23.7 Å². The Morgan fingerprint density at radius 1 is 1.14 bits per heavy atom. The summed E-state index contributed by atoms with van der Waals surface area (Å²) in [6.45, 7) is 7.36. The number of amides is 1. The highest BCUT2D eigenvalue weighted by atomic mass is 35.5. The fourth-order valence-electron chi connectivity index (χ4n) is 4.81. The Morgan fingerprint density at radius 3 is 2.43 bits per heavy atom. The molecule has 0 bridgehead atoms. The van der Waals surface area contributed by atoms with E-state index in [1.54, 1.807) is 12.1 Å². The average molecular weight is 539 g/mol. The normalized spacial score (nSPS) is 20.0. The molecule has 3 atom stereocenters. The van der Waals surface area contributed by atoms with Gasteiger partial charge in [-0.2, -0.15) is 0 Å².